The van der Waals surface area contributed by atoms with Gasteiger partial charge in [0.2, 0.25) is 0 Å². The normalized spacial score (nSPS) is 21.8. The minimum Gasteiger partial charge on any atom is -0.481 e. The summed E-state index contributed by atoms with van der Waals surface area (Å²) in [5.74, 6) is -3.88. The molecular weight excluding hydrogens is 488 g/mol. The van der Waals surface area contributed by atoms with E-state index in [0.717, 1.165) is 64.2 Å². The van der Waals surface area contributed by atoms with Crippen LogP contribution in [0, 0.1) is 23.7 Å². The lowest BCUT2D eigenvalue weighted by Crippen LogP contribution is -2.43. The van der Waals surface area contributed by atoms with Gasteiger partial charge in [-0.15, -0.1) is 0 Å². The Hall–Kier alpha value is -1.93. The number of unbranched alkanes of at least 4 members (excludes halogenated alkanes) is 7. The molecule has 220 valence electrons. The zero-order valence-corrected chi connectivity index (χ0v) is 24.8. The summed E-state index contributed by atoms with van der Waals surface area (Å²) in [6, 6.07) is 0. The third kappa shape index (κ3) is 14.3. The molecule has 0 saturated heterocycles. The molecule has 0 aromatic rings. The van der Waals surface area contributed by atoms with Crippen LogP contribution in [0.3, 0.4) is 0 Å². The van der Waals surface area contributed by atoms with Gasteiger partial charge in [0.05, 0.1) is 11.8 Å². The Bertz CT molecular complexity index is 746. The molecule has 1 rings (SSSR count). The predicted octanol–water partition coefficient (Wildman–Crippen LogP) is 7.35. The molecule has 0 aliphatic heterocycles. The van der Waals surface area contributed by atoms with Crippen LogP contribution in [-0.2, 0) is 33.9 Å². The summed E-state index contributed by atoms with van der Waals surface area (Å²) in [5, 5.41) is 10.1. The second-order valence-corrected chi connectivity index (χ2v) is 12.5. The summed E-state index contributed by atoms with van der Waals surface area (Å²) >= 11 is 0. The number of hydrogen-bond donors (Lipinski definition) is 1. The molecule has 0 bridgehead atoms. The fourth-order valence-corrected chi connectivity index (χ4v) is 4.69. The van der Waals surface area contributed by atoms with Crippen LogP contribution < -0.4 is 0 Å². The first-order valence-corrected chi connectivity index (χ1v) is 14.4. The Labute approximate surface area is 229 Å². The van der Waals surface area contributed by atoms with Crippen LogP contribution in [-0.4, -0.2) is 34.2 Å². The Morgan fingerprint density at radius 1 is 0.684 bits per heavy atom. The summed E-state index contributed by atoms with van der Waals surface area (Å²) < 4.78 is 0. The second-order valence-electron chi connectivity index (χ2n) is 12.5. The highest BCUT2D eigenvalue weighted by Gasteiger charge is 2.46. The highest BCUT2D eigenvalue weighted by molar-refractivity contribution is 5.82. The topological polar surface area (TPSA) is 108 Å². The lowest BCUT2D eigenvalue weighted by molar-refractivity contribution is -0.325. The molecule has 4 atom stereocenters. The molecule has 0 radical (unpaired) electrons. The fraction of sp³-hybridized carbons (Fsp3) is 0.833. The Morgan fingerprint density at radius 3 is 1.68 bits per heavy atom. The molecule has 0 aromatic heterocycles. The van der Waals surface area contributed by atoms with Gasteiger partial charge in [-0.1, -0.05) is 70.4 Å². The van der Waals surface area contributed by atoms with E-state index in [4.69, 9.17) is 19.6 Å². The summed E-state index contributed by atoms with van der Waals surface area (Å²) in [7, 11) is 0. The van der Waals surface area contributed by atoms with Gasteiger partial charge in [0.15, 0.2) is 0 Å². The van der Waals surface area contributed by atoms with E-state index < -0.39 is 35.0 Å². The van der Waals surface area contributed by atoms with Gasteiger partial charge in [-0.05, 0) is 72.6 Å². The number of hydrogen-bond acceptors (Lipinski definition) is 7. The first-order chi connectivity index (χ1) is 17.7. The molecule has 0 heterocycles. The zero-order chi connectivity index (χ0) is 28.8. The van der Waals surface area contributed by atoms with E-state index in [-0.39, 0.29) is 17.8 Å². The van der Waals surface area contributed by atoms with E-state index >= 15 is 0 Å². The van der Waals surface area contributed by atoms with Gasteiger partial charge in [-0.2, -0.15) is 9.78 Å². The van der Waals surface area contributed by atoms with E-state index in [1.54, 1.807) is 20.8 Å². The van der Waals surface area contributed by atoms with Crippen molar-refractivity contribution in [3.63, 3.8) is 0 Å². The molecule has 1 N–H and O–H groups in total. The minimum atomic E-state index is -0.954. The lowest BCUT2D eigenvalue weighted by atomic mass is 9.67. The number of carboxylic acid groups (broad SMARTS) is 1. The summed E-state index contributed by atoms with van der Waals surface area (Å²) in [4.78, 5) is 57.5. The maximum absolute atomic E-state index is 13.1. The van der Waals surface area contributed by atoms with Gasteiger partial charge in [0.1, 0.15) is 11.2 Å². The molecule has 8 nitrogen and oxygen atoms in total. The van der Waals surface area contributed by atoms with Crippen LogP contribution in [0.2, 0.25) is 0 Å². The van der Waals surface area contributed by atoms with E-state index in [1.165, 1.54) is 0 Å². The third-order valence-electron chi connectivity index (χ3n) is 6.54. The van der Waals surface area contributed by atoms with Crippen molar-refractivity contribution in [2.45, 2.75) is 137 Å². The van der Waals surface area contributed by atoms with Crippen molar-refractivity contribution >= 4 is 17.9 Å². The monoisotopic (exact) mass is 540 g/mol. The Balaban J connectivity index is 2.60. The van der Waals surface area contributed by atoms with Crippen molar-refractivity contribution in [1.29, 1.82) is 0 Å². The van der Waals surface area contributed by atoms with Crippen LogP contribution in [0.5, 0.6) is 0 Å². The molecule has 38 heavy (non-hydrogen) atoms. The average Bonchev–Trinajstić information content (AvgIpc) is 2.82. The molecular formula is C30H52O8. The SMILES string of the molecule is CCCCCC1C=CC(CCCCCCCCC(=O)OOC(C)(C)C)C(C(=O)OOC(C)(C)C)C1C(=O)O. The van der Waals surface area contributed by atoms with Crippen molar-refractivity contribution in [3.05, 3.63) is 12.2 Å². The smallest absolute Gasteiger partial charge is 0.346 e. The van der Waals surface area contributed by atoms with Gasteiger partial charge in [0, 0.05) is 6.42 Å². The quantitative estimate of drug-likeness (QED) is 0.0882. The van der Waals surface area contributed by atoms with E-state index in [2.05, 4.69) is 6.92 Å². The second kappa shape index (κ2) is 16.9. The van der Waals surface area contributed by atoms with Gasteiger partial charge in [-0.3, -0.25) is 14.6 Å². The third-order valence-corrected chi connectivity index (χ3v) is 6.54. The number of rotatable bonds is 17. The molecule has 0 amide bonds. The zero-order valence-electron chi connectivity index (χ0n) is 24.8. The maximum Gasteiger partial charge on any atom is 0.346 e. The largest absolute Gasteiger partial charge is 0.481 e. The van der Waals surface area contributed by atoms with Crippen molar-refractivity contribution in [2.75, 3.05) is 0 Å². The van der Waals surface area contributed by atoms with E-state index in [1.807, 2.05) is 32.9 Å². The van der Waals surface area contributed by atoms with E-state index in [0.29, 0.717) is 12.8 Å². The fourth-order valence-electron chi connectivity index (χ4n) is 4.69. The van der Waals surface area contributed by atoms with Crippen LogP contribution in [0.25, 0.3) is 0 Å². The van der Waals surface area contributed by atoms with Crippen LogP contribution in [0.4, 0.5) is 0 Å². The number of allylic oxidation sites excluding steroid dienone is 2. The molecule has 0 saturated carbocycles. The maximum atomic E-state index is 13.1. The van der Waals surface area contributed by atoms with Crippen molar-refractivity contribution in [3.8, 4) is 0 Å². The number of carbonyl (C=O) groups excluding carboxylic acids is 2. The number of carbonyl (C=O) groups is 3. The van der Waals surface area contributed by atoms with Gasteiger partial charge in [0.25, 0.3) is 0 Å². The van der Waals surface area contributed by atoms with Crippen LogP contribution in [0.1, 0.15) is 126 Å². The van der Waals surface area contributed by atoms with Gasteiger partial charge < -0.3 is 5.11 Å². The van der Waals surface area contributed by atoms with Crippen molar-refractivity contribution < 1.29 is 39.0 Å². The summed E-state index contributed by atoms with van der Waals surface area (Å²) in [6.45, 7) is 12.9. The molecule has 1 aliphatic carbocycles. The summed E-state index contributed by atoms with van der Waals surface area (Å²) in [6.07, 6.45) is 14.4. The molecule has 0 fully saturated rings. The molecule has 4 unspecified atom stereocenters. The van der Waals surface area contributed by atoms with Crippen LogP contribution >= 0.6 is 0 Å². The lowest BCUT2D eigenvalue weighted by Gasteiger charge is -2.36. The molecule has 1 aliphatic rings. The minimum absolute atomic E-state index is 0.192. The average molecular weight is 541 g/mol. The predicted molar refractivity (Wildman–Crippen MR) is 146 cm³/mol. The first-order valence-electron chi connectivity index (χ1n) is 14.4. The van der Waals surface area contributed by atoms with Crippen molar-refractivity contribution in [1.82, 2.24) is 0 Å². The number of carboxylic acids is 1. The highest BCUT2D eigenvalue weighted by Crippen LogP contribution is 2.40. The van der Waals surface area contributed by atoms with Crippen LogP contribution in [0.15, 0.2) is 12.2 Å². The van der Waals surface area contributed by atoms with Crippen molar-refractivity contribution in [2.24, 2.45) is 23.7 Å². The molecule has 0 aromatic carbocycles. The standard InChI is InChI=1S/C30H52O8/c1-8-9-14-17-22-20-21-23(26(25(22)27(32)33)28(34)36-38-30(5,6)7)18-15-12-10-11-13-16-19-24(31)35-37-29(2,3)4/h20-23,25-26H,8-19H2,1-7H3,(H,32,33). The Kier molecular flexibility index (Phi) is 15.2. The molecule has 8 heteroatoms. The van der Waals surface area contributed by atoms with E-state index in [9.17, 15) is 19.5 Å². The Morgan fingerprint density at radius 2 is 1.16 bits per heavy atom. The number of aliphatic carboxylic acids is 1. The molecule has 0 spiro atoms. The van der Waals surface area contributed by atoms with Gasteiger partial charge >= 0.3 is 17.9 Å². The van der Waals surface area contributed by atoms with Gasteiger partial charge in [-0.25, -0.2) is 9.59 Å². The highest BCUT2D eigenvalue weighted by atomic mass is 17.2. The summed E-state index contributed by atoms with van der Waals surface area (Å²) in [5.41, 5.74) is -1.19. The first kappa shape index (κ1) is 34.1.